The lowest BCUT2D eigenvalue weighted by Crippen LogP contribution is -2.48. The maximum atomic E-state index is 14.9. The van der Waals surface area contributed by atoms with Crippen molar-refractivity contribution >= 4 is 29.1 Å². The summed E-state index contributed by atoms with van der Waals surface area (Å²) in [6.07, 6.45) is 3.85. The SMILES string of the molecule is COc1cccc(C(=O)[C@H]2[C@@H](c3cc(OC)ccc3OC)C3(C(=O)c4ccccc4C3=O)[C@H]3C=Cc4ccccc4N23)c1. The van der Waals surface area contributed by atoms with Gasteiger partial charge in [-0.05, 0) is 42.0 Å². The van der Waals surface area contributed by atoms with E-state index in [-0.39, 0.29) is 17.3 Å². The van der Waals surface area contributed by atoms with E-state index < -0.39 is 23.4 Å². The van der Waals surface area contributed by atoms with E-state index in [4.69, 9.17) is 14.2 Å². The second kappa shape index (κ2) is 9.98. The molecule has 1 fully saturated rings. The van der Waals surface area contributed by atoms with E-state index in [2.05, 4.69) is 0 Å². The third-order valence-electron chi connectivity index (χ3n) is 9.11. The Morgan fingerprint density at radius 3 is 2.12 bits per heavy atom. The predicted octanol–water partition coefficient (Wildman–Crippen LogP) is 6.03. The lowest BCUT2D eigenvalue weighted by atomic mass is 9.64. The van der Waals surface area contributed by atoms with Crippen molar-refractivity contribution in [1.82, 2.24) is 0 Å². The van der Waals surface area contributed by atoms with E-state index in [9.17, 15) is 14.4 Å². The molecule has 1 saturated heterocycles. The van der Waals surface area contributed by atoms with Gasteiger partial charge in [-0.3, -0.25) is 14.4 Å². The van der Waals surface area contributed by atoms with Gasteiger partial charge in [0.15, 0.2) is 17.3 Å². The van der Waals surface area contributed by atoms with Crippen molar-refractivity contribution in [2.24, 2.45) is 5.41 Å². The Kier molecular flexibility index (Phi) is 6.20. The number of Topliss-reactive ketones (excluding diaryl/α,β-unsaturated/α-hetero) is 3. The zero-order valence-corrected chi connectivity index (χ0v) is 23.9. The van der Waals surface area contributed by atoms with Gasteiger partial charge >= 0.3 is 0 Å². The second-order valence-corrected chi connectivity index (χ2v) is 11.0. The minimum atomic E-state index is -1.65. The van der Waals surface area contributed by atoms with Gasteiger partial charge in [0.1, 0.15) is 28.7 Å². The summed E-state index contributed by atoms with van der Waals surface area (Å²) >= 11 is 0. The van der Waals surface area contributed by atoms with Gasteiger partial charge in [0.05, 0.1) is 27.4 Å². The van der Waals surface area contributed by atoms with Crippen LogP contribution in [0, 0.1) is 5.41 Å². The molecule has 0 saturated carbocycles. The van der Waals surface area contributed by atoms with Crippen LogP contribution in [0.2, 0.25) is 0 Å². The summed E-state index contributed by atoms with van der Waals surface area (Å²) < 4.78 is 16.9. The third-order valence-corrected chi connectivity index (χ3v) is 9.11. The molecule has 0 unspecified atom stereocenters. The highest BCUT2D eigenvalue weighted by atomic mass is 16.5. The first-order valence-electron chi connectivity index (χ1n) is 14.1. The predicted molar refractivity (Wildman–Crippen MR) is 163 cm³/mol. The van der Waals surface area contributed by atoms with Crippen molar-refractivity contribution in [3.63, 3.8) is 0 Å². The summed E-state index contributed by atoms with van der Waals surface area (Å²) in [5.41, 5.74) is 1.71. The molecule has 214 valence electrons. The van der Waals surface area contributed by atoms with Crippen LogP contribution in [-0.2, 0) is 0 Å². The van der Waals surface area contributed by atoms with E-state index >= 15 is 0 Å². The van der Waals surface area contributed by atoms with Gasteiger partial charge in [0, 0.05) is 33.9 Å². The molecule has 0 bridgehead atoms. The van der Waals surface area contributed by atoms with Crippen molar-refractivity contribution in [2.75, 3.05) is 26.2 Å². The minimum absolute atomic E-state index is 0.239. The Morgan fingerprint density at radius 1 is 0.744 bits per heavy atom. The molecule has 4 aromatic rings. The number of methoxy groups -OCH3 is 3. The number of carbonyl (C=O) groups excluding carboxylic acids is 3. The largest absolute Gasteiger partial charge is 0.497 e. The van der Waals surface area contributed by atoms with Crippen LogP contribution in [-0.4, -0.2) is 50.8 Å². The van der Waals surface area contributed by atoms with Gasteiger partial charge in [-0.15, -0.1) is 0 Å². The molecule has 3 atom stereocenters. The first-order chi connectivity index (χ1) is 20.9. The smallest absolute Gasteiger partial charge is 0.186 e. The number of hydrogen-bond donors (Lipinski definition) is 0. The number of hydrogen-bond acceptors (Lipinski definition) is 7. The molecular weight excluding hydrogens is 542 g/mol. The number of anilines is 1. The number of para-hydroxylation sites is 1. The number of ether oxygens (including phenoxy) is 3. The van der Waals surface area contributed by atoms with Gasteiger partial charge in [0.25, 0.3) is 0 Å². The number of ketones is 3. The first kappa shape index (κ1) is 26.7. The highest BCUT2D eigenvalue weighted by Crippen LogP contribution is 2.62. The van der Waals surface area contributed by atoms with Gasteiger partial charge in [-0.1, -0.05) is 66.7 Å². The number of nitrogens with zero attached hydrogens (tertiary/aromatic N) is 1. The van der Waals surface area contributed by atoms with Crippen LogP contribution in [0.4, 0.5) is 5.69 Å². The van der Waals surface area contributed by atoms with Crippen LogP contribution >= 0.6 is 0 Å². The Morgan fingerprint density at radius 2 is 1.42 bits per heavy atom. The minimum Gasteiger partial charge on any atom is -0.497 e. The van der Waals surface area contributed by atoms with Crippen molar-refractivity contribution in [3.05, 3.63) is 125 Å². The molecule has 3 aliphatic rings. The maximum absolute atomic E-state index is 14.9. The molecule has 0 radical (unpaired) electrons. The number of fused-ring (bicyclic) bond motifs is 5. The summed E-state index contributed by atoms with van der Waals surface area (Å²) in [7, 11) is 4.65. The highest BCUT2D eigenvalue weighted by Gasteiger charge is 2.72. The molecule has 0 N–H and O–H groups in total. The molecule has 1 spiro atoms. The zero-order valence-electron chi connectivity index (χ0n) is 23.9. The van der Waals surface area contributed by atoms with Crippen LogP contribution in [0.25, 0.3) is 6.08 Å². The summed E-state index contributed by atoms with van der Waals surface area (Å²) in [6, 6.07) is 25.3. The molecule has 7 nitrogen and oxygen atoms in total. The van der Waals surface area contributed by atoms with Gasteiger partial charge in [-0.25, -0.2) is 0 Å². The van der Waals surface area contributed by atoms with E-state index in [0.717, 1.165) is 11.3 Å². The van der Waals surface area contributed by atoms with Crippen molar-refractivity contribution < 1.29 is 28.6 Å². The summed E-state index contributed by atoms with van der Waals surface area (Å²) in [6.45, 7) is 0. The van der Waals surface area contributed by atoms with Crippen LogP contribution in [0.3, 0.4) is 0 Å². The lowest BCUT2D eigenvalue weighted by Gasteiger charge is -2.37. The molecule has 7 heteroatoms. The van der Waals surface area contributed by atoms with Gasteiger partial charge < -0.3 is 19.1 Å². The summed E-state index contributed by atoms with van der Waals surface area (Å²) in [5.74, 6) is -0.255. The molecule has 2 heterocycles. The molecule has 7 rings (SSSR count). The standard InChI is InChI=1S/C36H29NO6/c1-41-23-11-8-10-22(19-23)33(38)32-31(27-20-24(42-2)16-17-29(27)43-3)36(34(39)25-12-5-6-13-26(25)35(36)40)30-18-15-21-9-4-7-14-28(21)37(30)32/h4-20,30-32H,1-3H3/t30-,31-,32-/m1/s1. The quantitative estimate of drug-likeness (QED) is 0.207. The number of benzene rings is 4. The molecule has 4 aromatic carbocycles. The fourth-order valence-electron chi connectivity index (χ4n) is 7.29. The fraction of sp³-hybridized carbons (Fsp3) is 0.194. The van der Waals surface area contributed by atoms with E-state index in [1.165, 1.54) is 0 Å². The third kappa shape index (κ3) is 3.64. The molecule has 2 aliphatic heterocycles. The monoisotopic (exact) mass is 571 g/mol. The number of rotatable bonds is 6. The van der Waals surface area contributed by atoms with Crippen LogP contribution in [0.1, 0.15) is 48.1 Å². The fourth-order valence-corrected chi connectivity index (χ4v) is 7.29. The average Bonchev–Trinajstić information content (AvgIpc) is 3.50. The van der Waals surface area contributed by atoms with E-state index in [0.29, 0.717) is 39.5 Å². The van der Waals surface area contributed by atoms with Gasteiger partial charge in [0.2, 0.25) is 0 Å². The van der Waals surface area contributed by atoms with E-state index in [1.807, 2.05) is 41.3 Å². The zero-order chi connectivity index (χ0) is 29.9. The van der Waals surface area contributed by atoms with E-state index in [1.54, 1.807) is 88.1 Å². The number of carbonyl (C=O) groups is 3. The Labute approximate surface area is 249 Å². The molecule has 0 aromatic heterocycles. The Balaban J connectivity index is 1.58. The maximum Gasteiger partial charge on any atom is 0.186 e. The van der Waals surface area contributed by atoms with Crippen LogP contribution < -0.4 is 19.1 Å². The van der Waals surface area contributed by atoms with Crippen molar-refractivity contribution in [2.45, 2.75) is 18.0 Å². The second-order valence-electron chi connectivity index (χ2n) is 11.0. The highest BCUT2D eigenvalue weighted by molar-refractivity contribution is 6.32. The lowest BCUT2D eigenvalue weighted by molar-refractivity contribution is 0.0664. The first-order valence-corrected chi connectivity index (χ1v) is 14.1. The van der Waals surface area contributed by atoms with Crippen LogP contribution in [0.15, 0.2) is 97.1 Å². The Bertz CT molecular complexity index is 1810. The van der Waals surface area contributed by atoms with Crippen molar-refractivity contribution in [3.8, 4) is 17.2 Å². The normalized spacial score (nSPS) is 20.9. The molecule has 1 aliphatic carbocycles. The summed E-state index contributed by atoms with van der Waals surface area (Å²) in [4.78, 5) is 46.6. The van der Waals surface area contributed by atoms with Crippen molar-refractivity contribution in [1.29, 1.82) is 0 Å². The summed E-state index contributed by atoms with van der Waals surface area (Å²) in [5, 5.41) is 0. The molecular formula is C36H29NO6. The van der Waals surface area contributed by atoms with Gasteiger partial charge in [-0.2, -0.15) is 0 Å². The topological polar surface area (TPSA) is 82.1 Å². The van der Waals surface area contributed by atoms with Crippen LogP contribution in [0.5, 0.6) is 17.2 Å². The molecule has 0 amide bonds. The average molecular weight is 572 g/mol. The Hall–Kier alpha value is -5.17. The molecule has 43 heavy (non-hydrogen) atoms.